The minimum absolute atomic E-state index is 0.00277. The number of nitrogens with zero attached hydrogens (tertiary/aromatic N) is 4. The molecule has 1 atom stereocenters. The number of rotatable bonds is 3. The van der Waals surface area contributed by atoms with Crippen molar-refractivity contribution >= 4 is 39.2 Å². The van der Waals surface area contributed by atoms with Crippen molar-refractivity contribution in [3.63, 3.8) is 0 Å². The van der Waals surface area contributed by atoms with Crippen molar-refractivity contribution in [1.29, 1.82) is 0 Å². The van der Waals surface area contributed by atoms with Crippen molar-refractivity contribution in [2.45, 2.75) is 25.2 Å². The van der Waals surface area contributed by atoms with E-state index in [-0.39, 0.29) is 24.1 Å². The predicted molar refractivity (Wildman–Crippen MR) is 115 cm³/mol. The maximum absolute atomic E-state index is 14.1. The molecule has 1 saturated heterocycles. The van der Waals surface area contributed by atoms with E-state index in [1.54, 1.807) is 36.0 Å². The Kier molecular flexibility index (Phi) is 4.65. The monoisotopic (exact) mass is 440 g/mol. The summed E-state index contributed by atoms with van der Waals surface area (Å²) in [6.07, 6.45) is 0.838. The molecule has 0 saturated carbocycles. The number of fused-ring (bicyclic) bond motifs is 3. The molecule has 2 aromatic heterocycles. The van der Waals surface area contributed by atoms with Crippen molar-refractivity contribution in [3.8, 4) is 5.88 Å². The zero-order chi connectivity index (χ0) is 21.8. The first-order chi connectivity index (χ1) is 14.9. The molecular weight excluding hydrogens is 419 g/mol. The molecule has 0 bridgehead atoms. The van der Waals surface area contributed by atoms with Crippen LogP contribution in [0.1, 0.15) is 23.9 Å². The average molecular weight is 441 g/mol. The standard InChI is InChI=1S/C22H21FN4O3S/c1-13(28)26-8-7-22(11-26)12-27(17-5-3-14(23)9-15(17)22)20(29)10-19-24-16-4-6-18(30-2)25-21(16)31-19/h3-6,9H,7-8,10-12H2,1-2H3. The lowest BCUT2D eigenvalue weighted by atomic mass is 9.81. The lowest BCUT2D eigenvalue weighted by Gasteiger charge is -2.25. The largest absolute Gasteiger partial charge is 0.481 e. The first kappa shape index (κ1) is 19.9. The van der Waals surface area contributed by atoms with Gasteiger partial charge >= 0.3 is 0 Å². The molecular formula is C22H21FN4O3S. The Morgan fingerprint density at radius 1 is 1.23 bits per heavy atom. The van der Waals surface area contributed by atoms with E-state index in [1.807, 2.05) is 6.07 Å². The third-order valence-electron chi connectivity index (χ3n) is 6.17. The molecule has 1 spiro atoms. The van der Waals surface area contributed by atoms with E-state index in [0.29, 0.717) is 36.9 Å². The van der Waals surface area contributed by atoms with Crippen LogP contribution < -0.4 is 9.64 Å². The highest BCUT2D eigenvalue weighted by Crippen LogP contribution is 2.47. The second kappa shape index (κ2) is 7.26. The van der Waals surface area contributed by atoms with Crippen LogP contribution >= 0.6 is 11.3 Å². The van der Waals surface area contributed by atoms with Gasteiger partial charge in [0.2, 0.25) is 17.7 Å². The van der Waals surface area contributed by atoms with Crippen molar-refractivity contribution in [3.05, 3.63) is 46.7 Å². The van der Waals surface area contributed by atoms with Gasteiger partial charge in [0.1, 0.15) is 21.2 Å². The van der Waals surface area contributed by atoms with Crippen molar-refractivity contribution < 1.29 is 18.7 Å². The molecule has 2 aliphatic heterocycles. The SMILES string of the molecule is COc1ccc2nc(CC(=O)N3CC4(CCN(C(C)=O)C4)c4cc(F)ccc43)sc2n1. The minimum atomic E-state index is -0.429. The van der Waals surface area contributed by atoms with Gasteiger partial charge < -0.3 is 14.5 Å². The molecule has 1 unspecified atom stereocenters. The first-order valence-electron chi connectivity index (χ1n) is 10.0. The van der Waals surface area contributed by atoms with Crippen LogP contribution in [0.2, 0.25) is 0 Å². The summed E-state index contributed by atoms with van der Waals surface area (Å²) in [7, 11) is 1.55. The number of carbonyl (C=O) groups is 2. The molecule has 5 rings (SSSR count). The first-order valence-corrected chi connectivity index (χ1v) is 10.9. The second-order valence-corrected chi connectivity index (χ2v) is 9.14. The van der Waals surface area contributed by atoms with Gasteiger partial charge in [0, 0.05) is 43.7 Å². The molecule has 0 radical (unpaired) electrons. The fourth-order valence-electron chi connectivity index (χ4n) is 4.61. The van der Waals surface area contributed by atoms with Crippen molar-refractivity contribution in [2.75, 3.05) is 31.6 Å². The van der Waals surface area contributed by atoms with Gasteiger partial charge in [-0.25, -0.2) is 14.4 Å². The van der Waals surface area contributed by atoms with E-state index in [4.69, 9.17) is 4.74 Å². The average Bonchev–Trinajstić information content (AvgIpc) is 3.43. The van der Waals surface area contributed by atoms with Crippen LogP contribution in [0.25, 0.3) is 10.3 Å². The number of halogens is 1. The molecule has 2 aliphatic rings. The number of pyridine rings is 1. The van der Waals surface area contributed by atoms with E-state index >= 15 is 0 Å². The third kappa shape index (κ3) is 3.33. The molecule has 160 valence electrons. The molecule has 3 aromatic rings. The Morgan fingerprint density at radius 3 is 2.81 bits per heavy atom. The number of ether oxygens (including phenoxy) is 1. The molecule has 1 fully saturated rings. The molecule has 31 heavy (non-hydrogen) atoms. The van der Waals surface area contributed by atoms with Gasteiger partial charge in [-0.05, 0) is 36.2 Å². The highest BCUT2D eigenvalue weighted by Gasteiger charge is 2.49. The molecule has 7 nitrogen and oxygen atoms in total. The summed E-state index contributed by atoms with van der Waals surface area (Å²) in [4.78, 5) is 38.3. The zero-order valence-electron chi connectivity index (χ0n) is 17.2. The number of thiazole rings is 1. The summed E-state index contributed by atoms with van der Waals surface area (Å²) in [6, 6.07) is 8.12. The highest BCUT2D eigenvalue weighted by molar-refractivity contribution is 7.18. The van der Waals surface area contributed by atoms with Gasteiger partial charge in [-0.3, -0.25) is 9.59 Å². The molecule has 1 aromatic carbocycles. The van der Waals surface area contributed by atoms with Gasteiger partial charge in [-0.2, -0.15) is 0 Å². The second-order valence-electron chi connectivity index (χ2n) is 8.07. The fourth-order valence-corrected chi connectivity index (χ4v) is 5.53. The summed E-state index contributed by atoms with van der Waals surface area (Å²) in [5.74, 6) is 0.0663. The van der Waals surface area contributed by atoms with E-state index in [9.17, 15) is 14.0 Å². The van der Waals surface area contributed by atoms with Crippen LogP contribution in [-0.4, -0.2) is 53.4 Å². The molecule has 0 N–H and O–H groups in total. The van der Waals surface area contributed by atoms with Crippen LogP contribution in [0.5, 0.6) is 5.88 Å². The normalized spacial score (nSPS) is 20.0. The van der Waals surface area contributed by atoms with E-state index in [2.05, 4.69) is 9.97 Å². The fraction of sp³-hybridized carbons (Fsp3) is 0.364. The summed E-state index contributed by atoms with van der Waals surface area (Å²) in [6.45, 7) is 3.08. The number of amides is 2. The Hall–Kier alpha value is -3.07. The number of hydrogen-bond acceptors (Lipinski definition) is 6. The Morgan fingerprint density at radius 2 is 2.06 bits per heavy atom. The van der Waals surface area contributed by atoms with E-state index < -0.39 is 5.41 Å². The van der Waals surface area contributed by atoms with Gasteiger partial charge in [0.15, 0.2) is 0 Å². The molecule has 2 amide bonds. The maximum Gasteiger partial charge on any atom is 0.233 e. The summed E-state index contributed by atoms with van der Waals surface area (Å²) < 4.78 is 19.3. The van der Waals surface area contributed by atoms with Crippen LogP contribution in [0, 0.1) is 5.82 Å². The molecule has 0 aliphatic carbocycles. The Balaban J connectivity index is 1.44. The van der Waals surface area contributed by atoms with Crippen LogP contribution in [-0.2, 0) is 21.4 Å². The van der Waals surface area contributed by atoms with E-state index in [1.165, 1.54) is 23.5 Å². The maximum atomic E-state index is 14.1. The van der Waals surface area contributed by atoms with Crippen LogP contribution in [0.4, 0.5) is 10.1 Å². The number of anilines is 1. The summed E-state index contributed by atoms with van der Waals surface area (Å²) in [5, 5.41) is 0.669. The zero-order valence-corrected chi connectivity index (χ0v) is 18.0. The number of methoxy groups -OCH3 is 1. The predicted octanol–water partition coefficient (Wildman–Crippen LogP) is 2.92. The lowest BCUT2D eigenvalue weighted by Crippen LogP contribution is -2.40. The summed E-state index contributed by atoms with van der Waals surface area (Å²) >= 11 is 1.36. The lowest BCUT2D eigenvalue weighted by molar-refractivity contribution is -0.127. The van der Waals surface area contributed by atoms with Crippen molar-refractivity contribution in [2.24, 2.45) is 0 Å². The number of carbonyl (C=O) groups excluding carboxylic acids is 2. The minimum Gasteiger partial charge on any atom is -0.481 e. The smallest absolute Gasteiger partial charge is 0.233 e. The number of likely N-dealkylation sites (tertiary alicyclic amines) is 1. The van der Waals surface area contributed by atoms with Crippen LogP contribution in [0.15, 0.2) is 30.3 Å². The van der Waals surface area contributed by atoms with Crippen LogP contribution in [0.3, 0.4) is 0 Å². The van der Waals surface area contributed by atoms with E-state index in [0.717, 1.165) is 21.6 Å². The van der Waals surface area contributed by atoms with Crippen molar-refractivity contribution in [1.82, 2.24) is 14.9 Å². The number of benzene rings is 1. The molecule has 4 heterocycles. The Bertz CT molecular complexity index is 1210. The number of aromatic nitrogens is 2. The number of hydrogen-bond donors (Lipinski definition) is 0. The summed E-state index contributed by atoms with van der Waals surface area (Å²) in [5.41, 5.74) is 1.82. The highest BCUT2D eigenvalue weighted by atomic mass is 32.1. The Labute approximate surface area is 182 Å². The topological polar surface area (TPSA) is 75.6 Å². The van der Waals surface area contributed by atoms with Gasteiger partial charge in [0.25, 0.3) is 0 Å². The van der Waals surface area contributed by atoms with Gasteiger partial charge in [-0.15, -0.1) is 0 Å². The van der Waals surface area contributed by atoms with Gasteiger partial charge in [-0.1, -0.05) is 11.3 Å². The quantitative estimate of drug-likeness (QED) is 0.626. The van der Waals surface area contributed by atoms with Gasteiger partial charge in [0.05, 0.1) is 13.5 Å². The molecule has 9 heteroatoms. The third-order valence-corrected chi connectivity index (χ3v) is 7.13.